The Hall–Kier alpha value is -3.58. The van der Waals surface area contributed by atoms with Crippen LogP contribution in [0.25, 0.3) is 32.7 Å². The van der Waals surface area contributed by atoms with E-state index in [0.29, 0.717) is 0 Å². The van der Waals surface area contributed by atoms with Crippen molar-refractivity contribution in [2.45, 2.75) is 24.6 Å². The van der Waals surface area contributed by atoms with Crippen molar-refractivity contribution in [3.8, 4) is 23.0 Å². The molecule has 1 saturated heterocycles. The van der Waals surface area contributed by atoms with Crippen molar-refractivity contribution in [3.05, 3.63) is 33.0 Å². The quantitative estimate of drug-likeness (QED) is 0.231. The molecule has 4 aromatic rings. The Labute approximate surface area is 183 Å². The van der Waals surface area contributed by atoms with Gasteiger partial charge in [-0.05, 0) is 12.1 Å². The molecule has 4 N–H and O–H groups in total. The molecule has 2 aromatic carbocycles. The lowest BCUT2D eigenvalue weighted by Gasteiger charge is -2.20. The summed E-state index contributed by atoms with van der Waals surface area (Å²) in [7, 11) is 2.54. The molecular formula is C21H18O12. The zero-order valence-corrected chi connectivity index (χ0v) is 17.2. The summed E-state index contributed by atoms with van der Waals surface area (Å²) >= 11 is 0. The minimum absolute atomic E-state index is 0.0232. The summed E-state index contributed by atoms with van der Waals surface area (Å²) in [6.07, 6.45) is -5.55. The zero-order valence-electron chi connectivity index (χ0n) is 17.2. The SMILES string of the molecule is COc1cc2c(=O)oc3c(O[C@@H]4O[C@@H](CO)[C@H](O)[C@H]4O)c(OC)cc4c(=O)oc(c1O)c2c34. The highest BCUT2D eigenvalue weighted by atomic mass is 16.7. The van der Waals surface area contributed by atoms with Crippen LogP contribution in [0.5, 0.6) is 23.0 Å². The van der Waals surface area contributed by atoms with Crippen LogP contribution >= 0.6 is 0 Å². The lowest BCUT2D eigenvalue weighted by Crippen LogP contribution is -2.35. The van der Waals surface area contributed by atoms with E-state index < -0.39 is 48.2 Å². The van der Waals surface area contributed by atoms with Gasteiger partial charge < -0.3 is 48.2 Å². The molecule has 0 bridgehead atoms. The van der Waals surface area contributed by atoms with E-state index in [4.69, 9.17) is 27.8 Å². The molecule has 0 unspecified atom stereocenters. The van der Waals surface area contributed by atoms with Crippen LogP contribution in [-0.2, 0) is 4.74 Å². The Morgan fingerprint density at radius 2 is 1.48 bits per heavy atom. The highest BCUT2D eigenvalue weighted by molar-refractivity contribution is 6.22. The maximum atomic E-state index is 12.9. The molecule has 12 heteroatoms. The number of hydrogen-bond acceptors (Lipinski definition) is 12. The number of ether oxygens (including phenoxy) is 4. The first kappa shape index (κ1) is 21.3. The average molecular weight is 462 g/mol. The molecule has 33 heavy (non-hydrogen) atoms. The third-order valence-electron chi connectivity index (χ3n) is 5.67. The van der Waals surface area contributed by atoms with Gasteiger partial charge in [-0.3, -0.25) is 0 Å². The summed E-state index contributed by atoms with van der Waals surface area (Å²) in [6, 6.07) is 2.53. The normalized spacial score (nSPS) is 23.1. The van der Waals surface area contributed by atoms with E-state index in [1.807, 2.05) is 0 Å². The Morgan fingerprint density at radius 1 is 0.909 bits per heavy atom. The second kappa shape index (κ2) is 7.49. The van der Waals surface area contributed by atoms with Gasteiger partial charge in [-0.1, -0.05) is 0 Å². The average Bonchev–Trinajstić information content (AvgIpc) is 3.08. The van der Waals surface area contributed by atoms with Gasteiger partial charge in [0.25, 0.3) is 0 Å². The van der Waals surface area contributed by atoms with Crippen LogP contribution in [-0.4, -0.2) is 65.9 Å². The molecule has 1 fully saturated rings. The first-order valence-electron chi connectivity index (χ1n) is 9.73. The number of hydrogen-bond donors (Lipinski definition) is 4. The Bertz CT molecular complexity index is 1480. The first-order valence-corrected chi connectivity index (χ1v) is 9.73. The number of phenols is 1. The second-order valence-electron chi connectivity index (χ2n) is 7.44. The topological polar surface area (TPSA) is 178 Å². The van der Waals surface area contributed by atoms with Gasteiger partial charge in [-0.25, -0.2) is 9.59 Å². The van der Waals surface area contributed by atoms with Gasteiger partial charge in [-0.15, -0.1) is 0 Å². The standard InChI is InChI=1S/C21H18O12/c1-28-8-3-6-11-12-7(19(26)31-17(11)14(8)24)4-9(29-2)16(18(12)32-20(6)27)33-21-15(25)13(23)10(5-22)30-21/h3-4,10,13,15,21-25H,5H2,1-2H3/t10-,13-,15+,21-/m0/s1. The first-order chi connectivity index (χ1) is 15.8. The molecule has 12 nitrogen and oxygen atoms in total. The van der Waals surface area contributed by atoms with E-state index in [1.165, 1.54) is 26.4 Å². The lowest BCUT2D eigenvalue weighted by molar-refractivity contribution is -0.116. The molecule has 1 aliphatic heterocycles. The van der Waals surface area contributed by atoms with Crippen molar-refractivity contribution in [2.75, 3.05) is 20.8 Å². The van der Waals surface area contributed by atoms with E-state index in [0.717, 1.165) is 0 Å². The number of methoxy groups -OCH3 is 2. The van der Waals surface area contributed by atoms with Gasteiger partial charge >= 0.3 is 11.3 Å². The molecule has 5 rings (SSSR count). The van der Waals surface area contributed by atoms with Gasteiger partial charge in [0, 0.05) is 10.8 Å². The smallest absolute Gasteiger partial charge is 0.344 e. The molecule has 0 amide bonds. The van der Waals surface area contributed by atoms with E-state index >= 15 is 0 Å². The molecule has 0 aliphatic carbocycles. The number of benzene rings is 2. The molecule has 174 valence electrons. The van der Waals surface area contributed by atoms with Gasteiger partial charge in [0.05, 0.1) is 31.6 Å². The van der Waals surface area contributed by atoms with Crippen LogP contribution in [0.1, 0.15) is 0 Å². The van der Waals surface area contributed by atoms with Crippen LogP contribution in [0, 0.1) is 0 Å². The molecule has 2 aromatic heterocycles. The van der Waals surface area contributed by atoms with Crippen molar-refractivity contribution >= 4 is 32.7 Å². The molecule has 0 spiro atoms. The minimum Gasteiger partial charge on any atom is -0.502 e. The molecular weight excluding hydrogens is 444 g/mol. The number of rotatable bonds is 5. The van der Waals surface area contributed by atoms with E-state index in [2.05, 4.69) is 0 Å². The Morgan fingerprint density at radius 3 is 2.06 bits per heavy atom. The maximum Gasteiger partial charge on any atom is 0.344 e. The van der Waals surface area contributed by atoms with Crippen molar-refractivity contribution < 1.29 is 48.2 Å². The van der Waals surface area contributed by atoms with Gasteiger partial charge in [0.1, 0.15) is 18.3 Å². The van der Waals surface area contributed by atoms with Crippen molar-refractivity contribution in [3.63, 3.8) is 0 Å². The monoisotopic (exact) mass is 462 g/mol. The summed E-state index contributed by atoms with van der Waals surface area (Å²) in [6.45, 7) is -0.578. The van der Waals surface area contributed by atoms with Crippen LogP contribution in [0.15, 0.2) is 30.6 Å². The fourth-order valence-electron chi connectivity index (χ4n) is 4.05. The zero-order chi connectivity index (χ0) is 23.6. The van der Waals surface area contributed by atoms with E-state index in [-0.39, 0.29) is 50.0 Å². The highest BCUT2D eigenvalue weighted by Gasteiger charge is 2.44. The van der Waals surface area contributed by atoms with Crippen molar-refractivity contribution in [1.82, 2.24) is 0 Å². The van der Waals surface area contributed by atoms with E-state index in [1.54, 1.807) is 0 Å². The third kappa shape index (κ3) is 2.92. The fourth-order valence-corrected chi connectivity index (χ4v) is 4.05. The van der Waals surface area contributed by atoms with E-state index in [9.17, 15) is 30.0 Å². The highest BCUT2D eigenvalue weighted by Crippen LogP contribution is 2.46. The summed E-state index contributed by atoms with van der Waals surface area (Å²) in [4.78, 5) is 25.6. The van der Waals surface area contributed by atoms with Gasteiger partial charge in [0.15, 0.2) is 22.7 Å². The summed E-state index contributed by atoms with van der Waals surface area (Å²) in [5.41, 5.74) is -2.24. The summed E-state index contributed by atoms with van der Waals surface area (Å²) < 4.78 is 32.2. The lowest BCUT2D eigenvalue weighted by atomic mass is 10.0. The fraction of sp³-hybridized carbons (Fsp3) is 0.333. The Kier molecular flexibility index (Phi) is 4.83. The minimum atomic E-state index is -1.55. The van der Waals surface area contributed by atoms with Crippen molar-refractivity contribution in [2.24, 2.45) is 0 Å². The van der Waals surface area contributed by atoms with Gasteiger partial charge in [0.2, 0.25) is 17.8 Å². The van der Waals surface area contributed by atoms with Crippen LogP contribution in [0.4, 0.5) is 0 Å². The van der Waals surface area contributed by atoms with Crippen LogP contribution in [0.2, 0.25) is 0 Å². The molecule has 4 atom stereocenters. The molecule has 1 aliphatic rings. The summed E-state index contributed by atoms with van der Waals surface area (Å²) in [5.74, 6) is -0.855. The van der Waals surface area contributed by atoms with Gasteiger partial charge in [-0.2, -0.15) is 0 Å². The summed E-state index contributed by atoms with van der Waals surface area (Å²) in [5, 5.41) is 40.2. The van der Waals surface area contributed by atoms with Crippen molar-refractivity contribution in [1.29, 1.82) is 0 Å². The number of aromatic hydroxyl groups is 1. The largest absolute Gasteiger partial charge is 0.502 e. The third-order valence-corrected chi connectivity index (χ3v) is 5.67. The molecule has 0 radical (unpaired) electrons. The maximum absolute atomic E-state index is 12.9. The predicted octanol–water partition coefficient (Wildman–Crippen LogP) is 0.0310. The number of phenolic OH excluding ortho intramolecular Hbond substituents is 1. The predicted molar refractivity (Wildman–Crippen MR) is 110 cm³/mol. The number of aliphatic hydroxyl groups excluding tert-OH is 3. The molecule has 0 saturated carbocycles. The van der Waals surface area contributed by atoms with Crippen LogP contribution < -0.4 is 25.5 Å². The number of aliphatic hydroxyl groups is 3. The molecule has 3 heterocycles. The Balaban J connectivity index is 1.84. The van der Waals surface area contributed by atoms with Crippen LogP contribution in [0.3, 0.4) is 0 Å². The second-order valence-corrected chi connectivity index (χ2v) is 7.44.